The summed E-state index contributed by atoms with van der Waals surface area (Å²) in [6.07, 6.45) is 6.26. The largest absolute Gasteiger partial charge is 0.273 e. The summed E-state index contributed by atoms with van der Waals surface area (Å²) in [5.74, 6) is -0.166. The number of rotatable bonds is 0. The van der Waals surface area contributed by atoms with Crippen LogP contribution in [0, 0.1) is 11.8 Å². The first-order valence-electron chi connectivity index (χ1n) is 5.39. The summed E-state index contributed by atoms with van der Waals surface area (Å²) >= 11 is 0. The van der Waals surface area contributed by atoms with Crippen molar-refractivity contribution in [3.8, 4) is 0 Å². The molecule has 0 aromatic rings. The lowest BCUT2D eigenvalue weighted by atomic mass is 9.80. The van der Waals surface area contributed by atoms with Crippen LogP contribution in [0.4, 0.5) is 0 Å². The van der Waals surface area contributed by atoms with E-state index >= 15 is 0 Å². The van der Waals surface area contributed by atoms with Crippen LogP contribution in [0.25, 0.3) is 0 Å². The Morgan fingerprint density at radius 3 is 1.64 bits per heavy atom. The van der Waals surface area contributed by atoms with Crippen LogP contribution in [-0.4, -0.2) is 11.8 Å². The second-order valence-corrected chi connectivity index (χ2v) is 4.18. The summed E-state index contributed by atoms with van der Waals surface area (Å²) in [6, 6.07) is 0. The van der Waals surface area contributed by atoms with E-state index < -0.39 is 0 Å². The zero-order chi connectivity index (χ0) is 9.97. The van der Waals surface area contributed by atoms with Gasteiger partial charge in [-0.05, 0) is 12.8 Å². The molecule has 4 heteroatoms. The first kappa shape index (κ1) is 9.49. The molecular formula is C10H16N2O2. The van der Waals surface area contributed by atoms with Gasteiger partial charge in [0.15, 0.2) is 0 Å². The van der Waals surface area contributed by atoms with Crippen molar-refractivity contribution in [2.75, 3.05) is 0 Å². The van der Waals surface area contributed by atoms with E-state index in [1.807, 2.05) is 0 Å². The zero-order valence-electron chi connectivity index (χ0n) is 8.21. The van der Waals surface area contributed by atoms with Crippen molar-refractivity contribution >= 4 is 11.8 Å². The third kappa shape index (κ3) is 1.74. The van der Waals surface area contributed by atoms with Crippen LogP contribution in [0.3, 0.4) is 0 Å². The molecule has 0 bridgehead atoms. The predicted octanol–water partition coefficient (Wildman–Crippen LogP) is 0.734. The molecule has 0 spiro atoms. The highest BCUT2D eigenvalue weighted by Gasteiger charge is 2.37. The van der Waals surface area contributed by atoms with Crippen LogP contribution in [0.2, 0.25) is 0 Å². The lowest BCUT2D eigenvalue weighted by molar-refractivity contribution is -0.144. The Kier molecular flexibility index (Phi) is 2.70. The Morgan fingerprint density at radius 2 is 1.21 bits per heavy atom. The minimum atomic E-state index is -0.0796. The van der Waals surface area contributed by atoms with E-state index in [9.17, 15) is 9.59 Å². The van der Waals surface area contributed by atoms with E-state index in [1.54, 1.807) is 0 Å². The van der Waals surface area contributed by atoms with Crippen molar-refractivity contribution in [1.82, 2.24) is 10.9 Å². The highest BCUT2D eigenvalue weighted by atomic mass is 16.2. The number of nitrogens with one attached hydrogen (secondary N) is 2. The summed E-state index contributed by atoms with van der Waals surface area (Å²) < 4.78 is 0. The summed E-state index contributed by atoms with van der Waals surface area (Å²) in [5, 5.41) is 0. The number of carbonyl (C=O) groups is 2. The van der Waals surface area contributed by atoms with Gasteiger partial charge < -0.3 is 0 Å². The minimum Gasteiger partial charge on any atom is -0.273 e. The van der Waals surface area contributed by atoms with Crippen LogP contribution in [0.5, 0.6) is 0 Å². The molecule has 1 heterocycles. The Bertz CT molecular complexity index is 227. The van der Waals surface area contributed by atoms with Crippen molar-refractivity contribution in [3.05, 3.63) is 0 Å². The molecule has 14 heavy (non-hydrogen) atoms. The smallest absolute Gasteiger partial charge is 0.242 e. The summed E-state index contributed by atoms with van der Waals surface area (Å²) in [6.45, 7) is 0. The molecule has 2 amide bonds. The molecule has 1 aliphatic heterocycles. The molecule has 2 unspecified atom stereocenters. The van der Waals surface area contributed by atoms with Gasteiger partial charge in [0, 0.05) is 0 Å². The summed E-state index contributed by atoms with van der Waals surface area (Å²) in [5.41, 5.74) is 4.88. The Morgan fingerprint density at radius 1 is 0.786 bits per heavy atom. The molecule has 2 fully saturated rings. The van der Waals surface area contributed by atoms with Gasteiger partial charge >= 0.3 is 0 Å². The first-order chi connectivity index (χ1) is 6.79. The third-order valence-corrected chi connectivity index (χ3v) is 3.25. The Labute approximate surface area is 83.4 Å². The van der Waals surface area contributed by atoms with Gasteiger partial charge in [-0.2, -0.15) is 0 Å². The standard InChI is InChI=1S/C10H16N2O2/c13-9-7-5-3-1-2-4-6-8(7)10(14)12-11-9/h7-8H,1-6H2,(H,11,13)(H,12,14). The maximum atomic E-state index is 11.5. The van der Waals surface area contributed by atoms with Crippen molar-refractivity contribution in [1.29, 1.82) is 0 Å². The second-order valence-electron chi connectivity index (χ2n) is 4.18. The Hall–Kier alpha value is -1.06. The molecule has 2 N–H and O–H groups in total. The number of hydrogen-bond donors (Lipinski definition) is 2. The van der Waals surface area contributed by atoms with Gasteiger partial charge in [0.05, 0.1) is 11.8 Å². The van der Waals surface area contributed by atoms with Gasteiger partial charge in [-0.1, -0.05) is 25.7 Å². The van der Waals surface area contributed by atoms with Crippen LogP contribution < -0.4 is 10.9 Å². The van der Waals surface area contributed by atoms with Crippen LogP contribution in [-0.2, 0) is 9.59 Å². The number of hydrogen-bond acceptors (Lipinski definition) is 2. The maximum Gasteiger partial charge on any atom is 0.242 e. The van der Waals surface area contributed by atoms with Crippen molar-refractivity contribution in [3.63, 3.8) is 0 Å². The van der Waals surface area contributed by atoms with E-state index in [0.717, 1.165) is 25.7 Å². The maximum absolute atomic E-state index is 11.5. The fourth-order valence-electron chi connectivity index (χ4n) is 2.42. The monoisotopic (exact) mass is 196 g/mol. The minimum absolute atomic E-state index is 0.00324. The molecule has 1 saturated carbocycles. The van der Waals surface area contributed by atoms with Gasteiger partial charge in [0.2, 0.25) is 11.8 Å². The van der Waals surface area contributed by atoms with Gasteiger partial charge in [-0.15, -0.1) is 0 Å². The summed E-state index contributed by atoms with van der Waals surface area (Å²) in [4.78, 5) is 23.0. The van der Waals surface area contributed by atoms with Crippen LogP contribution >= 0.6 is 0 Å². The van der Waals surface area contributed by atoms with Crippen LogP contribution in [0.1, 0.15) is 38.5 Å². The zero-order valence-corrected chi connectivity index (χ0v) is 8.21. The van der Waals surface area contributed by atoms with Crippen molar-refractivity contribution < 1.29 is 9.59 Å². The third-order valence-electron chi connectivity index (χ3n) is 3.25. The average Bonchev–Trinajstić information content (AvgIpc) is 2.11. The number of fused-ring (bicyclic) bond motifs is 1. The molecular weight excluding hydrogens is 180 g/mol. The Balaban J connectivity index is 2.11. The topological polar surface area (TPSA) is 58.2 Å². The van der Waals surface area contributed by atoms with Crippen molar-refractivity contribution in [2.45, 2.75) is 38.5 Å². The molecule has 4 nitrogen and oxygen atoms in total. The fraction of sp³-hybridized carbons (Fsp3) is 0.800. The van der Waals surface area contributed by atoms with Crippen LogP contribution in [0.15, 0.2) is 0 Å². The summed E-state index contributed by atoms with van der Waals surface area (Å²) in [7, 11) is 0. The molecule has 2 aliphatic rings. The quantitative estimate of drug-likeness (QED) is 0.600. The highest BCUT2D eigenvalue weighted by molar-refractivity contribution is 5.92. The lowest BCUT2D eigenvalue weighted by Gasteiger charge is -2.31. The second kappa shape index (κ2) is 3.98. The molecule has 1 saturated heterocycles. The highest BCUT2D eigenvalue weighted by Crippen LogP contribution is 2.29. The molecule has 78 valence electrons. The van der Waals surface area contributed by atoms with Gasteiger partial charge in [0.25, 0.3) is 0 Å². The van der Waals surface area contributed by atoms with E-state index in [2.05, 4.69) is 10.9 Å². The predicted molar refractivity (Wildman–Crippen MR) is 51.0 cm³/mol. The van der Waals surface area contributed by atoms with Crippen molar-refractivity contribution in [2.24, 2.45) is 11.8 Å². The van der Waals surface area contributed by atoms with Gasteiger partial charge in [0.1, 0.15) is 0 Å². The first-order valence-corrected chi connectivity index (χ1v) is 5.39. The number of hydrazine groups is 1. The van der Waals surface area contributed by atoms with E-state index in [1.165, 1.54) is 12.8 Å². The fourth-order valence-corrected chi connectivity index (χ4v) is 2.42. The molecule has 0 aromatic heterocycles. The lowest BCUT2D eigenvalue weighted by Crippen LogP contribution is -2.56. The molecule has 2 atom stereocenters. The molecule has 2 rings (SSSR count). The van der Waals surface area contributed by atoms with E-state index in [4.69, 9.17) is 0 Å². The SMILES string of the molecule is O=C1NNC(=O)C2CCCCCCC12. The molecule has 0 radical (unpaired) electrons. The van der Waals surface area contributed by atoms with Gasteiger partial charge in [-0.3, -0.25) is 20.4 Å². The molecule has 1 aliphatic carbocycles. The van der Waals surface area contributed by atoms with Gasteiger partial charge in [-0.25, -0.2) is 0 Å². The molecule has 0 aromatic carbocycles. The normalized spacial score (nSPS) is 33.4. The number of carbonyl (C=O) groups excluding carboxylic acids is 2. The average molecular weight is 196 g/mol. The van der Waals surface area contributed by atoms with E-state index in [-0.39, 0.29) is 23.7 Å². The van der Waals surface area contributed by atoms with E-state index in [0.29, 0.717) is 0 Å². The number of amides is 2.